The molecule has 31 heavy (non-hydrogen) atoms. The highest BCUT2D eigenvalue weighted by atomic mass is 16.2. The third-order valence-corrected chi connectivity index (χ3v) is 7.94. The van der Waals surface area contributed by atoms with Crippen LogP contribution < -0.4 is 16.2 Å². The SMILES string of the molecule is Nc1cc(N2C[C@H]3C[C@@H](C2)[C@H](C(=O)N2C[C@H]4CCC[C@H]4C2)n2c3cccc2=O)ncn1. The maximum Gasteiger partial charge on any atom is 0.251 e. The van der Waals surface area contributed by atoms with Gasteiger partial charge in [0, 0.05) is 55.8 Å². The summed E-state index contributed by atoms with van der Waals surface area (Å²) in [6.07, 6.45) is 6.13. The zero-order chi connectivity index (χ0) is 21.1. The van der Waals surface area contributed by atoms with Crippen LogP contribution in [0.2, 0.25) is 0 Å². The van der Waals surface area contributed by atoms with Gasteiger partial charge in [0.05, 0.1) is 0 Å². The summed E-state index contributed by atoms with van der Waals surface area (Å²) in [5.74, 6) is 2.88. The summed E-state index contributed by atoms with van der Waals surface area (Å²) in [5, 5.41) is 0. The van der Waals surface area contributed by atoms with Gasteiger partial charge in [0.1, 0.15) is 24.0 Å². The van der Waals surface area contributed by atoms with Crippen molar-refractivity contribution in [1.82, 2.24) is 19.4 Å². The minimum absolute atomic E-state index is 0.0651. The van der Waals surface area contributed by atoms with Gasteiger partial charge in [-0.2, -0.15) is 0 Å². The fraction of sp³-hybridized carbons (Fsp3) is 0.565. The molecule has 0 aromatic carbocycles. The molecule has 5 atom stereocenters. The van der Waals surface area contributed by atoms with Crippen LogP contribution in [-0.2, 0) is 4.79 Å². The third kappa shape index (κ3) is 3.03. The van der Waals surface area contributed by atoms with E-state index in [1.54, 1.807) is 16.7 Å². The Hall–Kier alpha value is -2.90. The minimum atomic E-state index is -0.444. The number of nitrogens with zero attached hydrogens (tertiary/aromatic N) is 5. The van der Waals surface area contributed by atoms with Crippen molar-refractivity contribution in [2.75, 3.05) is 36.8 Å². The summed E-state index contributed by atoms with van der Waals surface area (Å²) in [7, 11) is 0. The second-order valence-electron chi connectivity index (χ2n) is 9.70. The number of fused-ring (bicyclic) bond motifs is 5. The van der Waals surface area contributed by atoms with Gasteiger partial charge in [0.25, 0.3) is 5.56 Å². The van der Waals surface area contributed by atoms with E-state index in [1.807, 2.05) is 17.0 Å². The van der Waals surface area contributed by atoms with Crippen molar-refractivity contribution >= 4 is 17.5 Å². The molecule has 162 valence electrons. The third-order valence-electron chi connectivity index (χ3n) is 7.94. The number of rotatable bonds is 2. The van der Waals surface area contributed by atoms with Crippen molar-refractivity contribution < 1.29 is 4.79 Å². The first-order valence-corrected chi connectivity index (χ1v) is 11.4. The molecule has 2 bridgehead atoms. The van der Waals surface area contributed by atoms with Crippen LogP contribution in [-0.4, -0.2) is 51.5 Å². The fourth-order valence-corrected chi connectivity index (χ4v) is 6.57. The Balaban J connectivity index is 1.37. The van der Waals surface area contributed by atoms with Gasteiger partial charge in [0.2, 0.25) is 5.91 Å². The minimum Gasteiger partial charge on any atom is -0.384 e. The van der Waals surface area contributed by atoms with E-state index in [-0.39, 0.29) is 23.3 Å². The van der Waals surface area contributed by atoms with Gasteiger partial charge in [-0.15, -0.1) is 0 Å². The van der Waals surface area contributed by atoms with Crippen molar-refractivity contribution in [3.05, 3.63) is 46.6 Å². The number of anilines is 2. The molecule has 2 N–H and O–H groups in total. The number of carbonyl (C=O) groups excluding carboxylic acids is 1. The summed E-state index contributed by atoms with van der Waals surface area (Å²) < 4.78 is 1.81. The van der Waals surface area contributed by atoms with Crippen LogP contribution in [0, 0.1) is 17.8 Å². The predicted octanol–water partition coefficient (Wildman–Crippen LogP) is 1.64. The second kappa shape index (κ2) is 7.07. The second-order valence-corrected chi connectivity index (χ2v) is 9.70. The monoisotopic (exact) mass is 420 g/mol. The molecular weight excluding hydrogens is 392 g/mol. The molecular formula is C23H28N6O2. The summed E-state index contributed by atoms with van der Waals surface area (Å²) in [6.45, 7) is 3.13. The standard InChI is InChI=1S/C23H28N6O2/c24-19-8-20(26-13-25-19)27-11-16-7-17(12-27)22(29-18(16)5-2-6-21(29)30)23(31)28-9-14-3-1-4-15(14)10-28/h2,5-6,8,13-17,22H,1,3-4,7,9-12H2,(H2,24,25,26)/t14-,15+,16-,17+,22-/m1/s1. The number of hydrogen-bond donors (Lipinski definition) is 1. The van der Waals surface area contributed by atoms with Crippen LogP contribution in [0.15, 0.2) is 35.4 Å². The normalized spacial score (nSPS) is 31.4. The summed E-state index contributed by atoms with van der Waals surface area (Å²) in [5.41, 5.74) is 6.80. The van der Waals surface area contributed by atoms with Crippen LogP contribution >= 0.6 is 0 Å². The number of likely N-dealkylation sites (tertiary alicyclic amines) is 1. The first-order valence-electron chi connectivity index (χ1n) is 11.4. The van der Waals surface area contributed by atoms with Crippen LogP contribution in [0.3, 0.4) is 0 Å². The van der Waals surface area contributed by atoms with E-state index in [0.717, 1.165) is 37.6 Å². The van der Waals surface area contributed by atoms with Crippen LogP contribution in [0.25, 0.3) is 0 Å². The lowest BCUT2D eigenvalue weighted by Crippen LogP contribution is -2.54. The van der Waals surface area contributed by atoms with Crippen molar-refractivity contribution in [2.24, 2.45) is 17.8 Å². The van der Waals surface area contributed by atoms with E-state index < -0.39 is 6.04 Å². The molecule has 5 heterocycles. The first-order chi connectivity index (χ1) is 15.1. The number of amides is 1. The topological polar surface area (TPSA) is 97.3 Å². The maximum absolute atomic E-state index is 13.8. The number of nitrogen functional groups attached to an aromatic ring is 1. The number of pyridine rings is 1. The van der Waals surface area contributed by atoms with Gasteiger partial charge >= 0.3 is 0 Å². The molecule has 2 aromatic heterocycles. The molecule has 0 radical (unpaired) electrons. The average Bonchev–Trinajstić information content (AvgIpc) is 3.37. The average molecular weight is 421 g/mol. The molecule has 4 aliphatic rings. The highest BCUT2D eigenvalue weighted by Gasteiger charge is 2.47. The molecule has 8 nitrogen and oxygen atoms in total. The van der Waals surface area contributed by atoms with Crippen LogP contribution in [0.1, 0.15) is 43.3 Å². The summed E-state index contributed by atoms with van der Waals surface area (Å²) in [4.78, 5) is 39.5. The van der Waals surface area contributed by atoms with E-state index in [1.165, 1.54) is 25.6 Å². The van der Waals surface area contributed by atoms with Crippen molar-refractivity contribution in [3.63, 3.8) is 0 Å². The molecule has 1 saturated carbocycles. The number of hydrogen-bond acceptors (Lipinski definition) is 6. The Morgan fingerprint density at radius 1 is 1.03 bits per heavy atom. The molecule has 0 unspecified atom stereocenters. The Morgan fingerprint density at radius 3 is 2.61 bits per heavy atom. The zero-order valence-electron chi connectivity index (χ0n) is 17.6. The molecule has 0 spiro atoms. The molecule has 3 fully saturated rings. The van der Waals surface area contributed by atoms with Gasteiger partial charge in [-0.05, 0) is 37.2 Å². The molecule has 6 rings (SSSR count). The van der Waals surface area contributed by atoms with Crippen molar-refractivity contribution in [2.45, 2.75) is 37.6 Å². The Labute approximate surface area is 181 Å². The Kier molecular flexibility index (Phi) is 4.30. The lowest BCUT2D eigenvalue weighted by molar-refractivity contribution is -0.136. The van der Waals surface area contributed by atoms with Gasteiger partial charge in [-0.3, -0.25) is 14.2 Å². The molecule has 1 aliphatic carbocycles. The number of piperidine rings is 1. The van der Waals surface area contributed by atoms with Gasteiger partial charge in [-0.25, -0.2) is 9.97 Å². The number of aromatic nitrogens is 3. The van der Waals surface area contributed by atoms with E-state index in [2.05, 4.69) is 14.9 Å². The number of nitrogens with two attached hydrogens (primary N) is 1. The zero-order valence-corrected chi connectivity index (χ0v) is 17.6. The van der Waals surface area contributed by atoms with Crippen molar-refractivity contribution in [1.29, 1.82) is 0 Å². The van der Waals surface area contributed by atoms with Crippen molar-refractivity contribution in [3.8, 4) is 0 Å². The fourth-order valence-electron chi connectivity index (χ4n) is 6.57. The Bertz CT molecular complexity index is 1070. The molecule has 8 heteroatoms. The highest BCUT2D eigenvalue weighted by molar-refractivity contribution is 5.82. The van der Waals surface area contributed by atoms with E-state index in [0.29, 0.717) is 24.2 Å². The quantitative estimate of drug-likeness (QED) is 0.793. The first kappa shape index (κ1) is 18.8. The van der Waals surface area contributed by atoms with Crippen LogP contribution in [0.4, 0.5) is 11.6 Å². The van der Waals surface area contributed by atoms with E-state index >= 15 is 0 Å². The van der Waals surface area contributed by atoms with Gasteiger partial charge < -0.3 is 15.5 Å². The summed E-state index contributed by atoms with van der Waals surface area (Å²) in [6, 6.07) is 6.77. The maximum atomic E-state index is 13.8. The molecule has 2 saturated heterocycles. The Morgan fingerprint density at radius 2 is 1.84 bits per heavy atom. The predicted molar refractivity (Wildman–Crippen MR) is 117 cm³/mol. The highest BCUT2D eigenvalue weighted by Crippen LogP contribution is 2.44. The number of carbonyl (C=O) groups is 1. The lowest BCUT2D eigenvalue weighted by atomic mass is 9.78. The molecule has 1 amide bonds. The smallest absolute Gasteiger partial charge is 0.251 e. The van der Waals surface area contributed by atoms with Gasteiger partial charge in [-0.1, -0.05) is 12.5 Å². The lowest BCUT2D eigenvalue weighted by Gasteiger charge is -2.47. The van der Waals surface area contributed by atoms with E-state index in [4.69, 9.17) is 5.73 Å². The largest absolute Gasteiger partial charge is 0.384 e. The van der Waals surface area contributed by atoms with Gasteiger partial charge in [0.15, 0.2) is 0 Å². The summed E-state index contributed by atoms with van der Waals surface area (Å²) >= 11 is 0. The van der Waals surface area contributed by atoms with Crippen LogP contribution in [0.5, 0.6) is 0 Å². The molecule has 3 aliphatic heterocycles. The molecule has 2 aromatic rings. The van der Waals surface area contributed by atoms with E-state index in [9.17, 15) is 9.59 Å².